The maximum absolute atomic E-state index is 13.7. The first-order valence-corrected chi connectivity index (χ1v) is 18.6. The third-order valence-electron chi connectivity index (χ3n) is 7.37. The van der Waals surface area contributed by atoms with Crippen molar-refractivity contribution in [2.45, 2.75) is 132 Å². The first-order valence-electron chi connectivity index (χ1n) is 18.6. The smallest absolute Gasteiger partial charge is 0.325 e. The van der Waals surface area contributed by atoms with Gasteiger partial charge in [0.25, 0.3) is 5.92 Å². The first kappa shape index (κ1) is 51.2. The minimum absolute atomic E-state index is 0.0126. The van der Waals surface area contributed by atoms with E-state index in [1.807, 2.05) is 26.8 Å². The minimum Gasteiger partial charge on any atom is -0.460 e. The van der Waals surface area contributed by atoms with Gasteiger partial charge in [0.2, 0.25) is 17.6 Å². The number of carbonyl (C=O) groups excluding carboxylic acids is 6. The van der Waals surface area contributed by atoms with Crippen molar-refractivity contribution in [2.24, 2.45) is 28.9 Å². The molecule has 1 aliphatic carbocycles. The first-order chi connectivity index (χ1) is 24.8. The lowest BCUT2D eigenvalue weighted by molar-refractivity contribution is -0.143. The average Bonchev–Trinajstić information content (AvgIpc) is 3.51. The number of aldehydes is 1. The van der Waals surface area contributed by atoms with E-state index in [4.69, 9.17) is 4.74 Å². The molecule has 0 spiro atoms. The van der Waals surface area contributed by atoms with Gasteiger partial charge >= 0.3 is 12.0 Å². The monoisotopic (exact) mass is 756 g/mol. The maximum Gasteiger partial charge on any atom is 0.325 e. The molecule has 5 unspecified atom stereocenters. The summed E-state index contributed by atoms with van der Waals surface area (Å²) in [6.45, 7) is 21.5. The number of hydrogen-bond acceptors (Lipinski definition) is 8. The Morgan fingerprint density at radius 1 is 1.02 bits per heavy atom. The SMILES string of the molecule is CC.CC(C)C.CC1CC(C(=O)NC(CC2CC2(F)F)C(=O)C=O)N(C(=O)C(NC(=O)NCC(=O)OCc2ccccc2)C(C)(C)C)C1.CCC.CN. The van der Waals surface area contributed by atoms with Crippen molar-refractivity contribution in [1.82, 2.24) is 20.9 Å². The minimum atomic E-state index is -2.94. The number of halogens is 2. The molecule has 3 rings (SSSR count). The summed E-state index contributed by atoms with van der Waals surface area (Å²) in [6, 6.07) is 4.61. The van der Waals surface area contributed by atoms with Crippen LogP contribution in [0, 0.1) is 23.2 Å². The number of nitrogens with zero attached hydrogens (tertiary/aromatic N) is 1. The largest absolute Gasteiger partial charge is 0.460 e. The fourth-order valence-corrected chi connectivity index (χ4v) is 4.88. The van der Waals surface area contributed by atoms with Gasteiger partial charge in [-0.05, 0) is 42.7 Å². The molecule has 1 aliphatic heterocycles. The molecule has 0 bridgehead atoms. The van der Waals surface area contributed by atoms with Crippen LogP contribution in [0.5, 0.6) is 0 Å². The quantitative estimate of drug-likeness (QED) is 0.120. The van der Waals surface area contributed by atoms with Crippen LogP contribution in [-0.4, -0.2) is 85.0 Å². The molecule has 1 saturated heterocycles. The Kier molecular flexibility index (Phi) is 25.0. The lowest BCUT2D eigenvalue weighted by Crippen LogP contribution is -2.60. The van der Waals surface area contributed by atoms with E-state index in [9.17, 15) is 37.5 Å². The summed E-state index contributed by atoms with van der Waals surface area (Å²) in [5.74, 6) is -6.36. The van der Waals surface area contributed by atoms with Crippen molar-refractivity contribution in [2.75, 3.05) is 20.1 Å². The molecule has 1 aromatic rings. The average molecular weight is 756 g/mol. The Hall–Kier alpha value is -3.94. The van der Waals surface area contributed by atoms with Gasteiger partial charge in [-0.3, -0.25) is 24.0 Å². The van der Waals surface area contributed by atoms with Crippen LogP contribution in [0.3, 0.4) is 0 Å². The zero-order valence-electron chi connectivity index (χ0n) is 34.0. The van der Waals surface area contributed by atoms with Gasteiger partial charge in [-0.1, -0.05) is 113 Å². The number of Topliss-reactive ketones (excluding diaryl/α,β-unsaturated/α-hetero) is 1. The fourth-order valence-electron chi connectivity index (χ4n) is 4.88. The molecule has 2 aliphatic rings. The topological polar surface area (TPSA) is 177 Å². The van der Waals surface area contributed by atoms with Gasteiger partial charge in [0.1, 0.15) is 25.2 Å². The standard InChI is InChI=1S/C29H38F2N4O7.C4H10.C3H8.C2H6.CH5N/c1-17-10-21(25(39)33-20(22(37)15-36)11-19-12-29(19,30)31)35(14-17)26(40)24(28(2,3)4)34-27(41)32-13-23(38)42-16-18-8-6-5-7-9-18;1-4(2)3;1-3-2;2*1-2/h5-9,15,17,19-21,24H,10-14,16H2,1-4H3,(H,33,39)(H2,32,34,41);4H,1-3H3;3H2,1-2H3;1-2H3;2H2,1H3. The number of ether oxygens (including phenoxy) is 1. The van der Waals surface area contributed by atoms with Crippen molar-refractivity contribution in [1.29, 1.82) is 0 Å². The summed E-state index contributed by atoms with van der Waals surface area (Å²) in [4.78, 5) is 76.2. The van der Waals surface area contributed by atoms with Gasteiger partial charge in [0.05, 0.1) is 6.04 Å². The van der Waals surface area contributed by atoms with Crippen LogP contribution in [0.15, 0.2) is 30.3 Å². The Morgan fingerprint density at radius 2 is 1.53 bits per heavy atom. The van der Waals surface area contributed by atoms with Crippen LogP contribution in [0.4, 0.5) is 13.6 Å². The molecular weight excluding hydrogens is 688 g/mol. The van der Waals surface area contributed by atoms with Crippen LogP contribution in [-0.2, 0) is 35.3 Å². The van der Waals surface area contributed by atoms with Crippen molar-refractivity contribution in [3.05, 3.63) is 35.9 Å². The van der Waals surface area contributed by atoms with Crippen LogP contribution in [0.2, 0.25) is 0 Å². The number of rotatable bonds is 12. The predicted octanol–water partition coefficient (Wildman–Crippen LogP) is 5.66. The Labute approximate surface area is 316 Å². The molecular formula is C39H67F2N5O7. The number of esters is 1. The highest BCUT2D eigenvalue weighted by atomic mass is 19.3. The molecule has 1 heterocycles. The van der Waals surface area contributed by atoms with Crippen LogP contribution >= 0.6 is 0 Å². The molecule has 1 saturated carbocycles. The van der Waals surface area contributed by atoms with E-state index in [0.29, 0.717) is 0 Å². The molecule has 14 heteroatoms. The Morgan fingerprint density at radius 3 is 1.98 bits per heavy atom. The highest BCUT2D eigenvalue weighted by Crippen LogP contribution is 2.51. The number of amides is 4. The molecule has 5 atom stereocenters. The predicted molar refractivity (Wildman–Crippen MR) is 204 cm³/mol. The maximum atomic E-state index is 13.7. The number of hydrogen-bond donors (Lipinski definition) is 4. The summed E-state index contributed by atoms with van der Waals surface area (Å²) in [7, 11) is 1.50. The second-order valence-electron chi connectivity index (χ2n) is 14.5. The molecule has 304 valence electrons. The normalized spacial score (nSPS) is 18.9. The summed E-state index contributed by atoms with van der Waals surface area (Å²) >= 11 is 0. The zero-order chi connectivity index (χ0) is 41.5. The molecule has 5 N–H and O–H groups in total. The second-order valence-corrected chi connectivity index (χ2v) is 14.5. The number of carbonyl (C=O) groups is 6. The third kappa shape index (κ3) is 20.2. The highest BCUT2D eigenvalue weighted by molar-refractivity contribution is 6.28. The fraction of sp³-hybridized carbons (Fsp3) is 0.692. The molecule has 12 nitrogen and oxygen atoms in total. The summed E-state index contributed by atoms with van der Waals surface area (Å²) in [5.41, 5.74) is 4.46. The summed E-state index contributed by atoms with van der Waals surface area (Å²) in [5, 5.41) is 7.36. The number of nitrogens with two attached hydrogens (primary N) is 1. The number of urea groups is 1. The lowest BCUT2D eigenvalue weighted by Gasteiger charge is -2.35. The summed E-state index contributed by atoms with van der Waals surface area (Å²) in [6.07, 6.45) is 0.658. The van der Waals surface area contributed by atoms with E-state index < -0.39 is 77.9 Å². The van der Waals surface area contributed by atoms with E-state index in [1.165, 1.54) is 18.4 Å². The molecule has 1 aromatic carbocycles. The number of ketones is 1. The van der Waals surface area contributed by atoms with Gasteiger partial charge in [-0.25, -0.2) is 13.6 Å². The molecule has 0 aromatic heterocycles. The van der Waals surface area contributed by atoms with Crippen LogP contribution in [0.1, 0.15) is 107 Å². The number of alkyl halides is 2. The number of nitrogens with one attached hydrogen (secondary N) is 3. The van der Waals surface area contributed by atoms with Gasteiger partial charge in [0.15, 0.2) is 6.29 Å². The van der Waals surface area contributed by atoms with Crippen molar-refractivity contribution < 1.29 is 42.3 Å². The van der Waals surface area contributed by atoms with Gasteiger partial charge < -0.3 is 31.3 Å². The van der Waals surface area contributed by atoms with E-state index in [2.05, 4.69) is 56.3 Å². The number of benzene rings is 1. The van der Waals surface area contributed by atoms with Crippen molar-refractivity contribution in [3.8, 4) is 0 Å². The van der Waals surface area contributed by atoms with E-state index >= 15 is 0 Å². The number of likely N-dealkylation sites (tertiary alicyclic amines) is 1. The van der Waals surface area contributed by atoms with Gasteiger partial charge in [0, 0.05) is 18.9 Å². The van der Waals surface area contributed by atoms with Crippen LogP contribution in [0.25, 0.3) is 0 Å². The molecule has 53 heavy (non-hydrogen) atoms. The molecule has 4 amide bonds. The van der Waals surface area contributed by atoms with E-state index in [0.717, 1.165) is 11.5 Å². The van der Waals surface area contributed by atoms with E-state index in [-0.39, 0.29) is 38.2 Å². The lowest BCUT2D eigenvalue weighted by atomic mass is 9.85. The zero-order valence-corrected chi connectivity index (χ0v) is 34.0. The van der Waals surface area contributed by atoms with Gasteiger partial charge in [-0.2, -0.15) is 0 Å². The summed E-state index contributed by atoms with van der Waals surface area (Å²) < 4.78 is 32.1. The highest BCUT2D eigenvalue weighted by Gasteiger charge is 2.57. The van der Waals surface area contributed by atoms with Gasteiger partial charge in [-0.15, -0.1) is 0 Å². The third-order valence-corrected chi connectivity index (χ3v) is 7.37. The Balaban J connectivity index is 0. The van der Waals surface area contributed by atoms with Crippen LogP contribution < -0.4 is 21.7 Å². The molecule has 0 radical (unpaired) electrons. The van der Waals surface area contributed by atoms with E-state index in [1.54, 1.807) is 45.0 Å². The second kappa shape index (κ2) is 25.9. The van der Waals surface area contributed by atoms with Crippen molar-refractivity contribution in [3.63, 3.8) is 0 Å². The molecule has 2 fully saturated rings. The van der Waals surface area contributed by atoms with Crippen molar-refractivity contribution >= 4 is 35.9 Å². The Bertz CT molecular complexity index is 1260.